The van der Waals surface area contributed by atoms with Gasteiger partial charge in [-0.3, -0.25) is 4.79 Å². The van der Waals surface area contributed by atoms with Crippen LogP contribution in [0.3, 0.4) is 0 Å². The largest absolute Gasteiger partial charge is 0.481 e. The SMILES string of the molecule is CC12CC34CC1CC(O2)C3C1(C)CCCC(C)(C(=O)O)C1CC4O. The maximum absolute atomic E-state index is 12.1. The van der Waals surface area contributed by atoms with Gasteiger partial charge in [0, 0.05) is 5.41 Å². The van der Waals surface area contributed by atoms with E-state index >= 15 is 0 Å². The van der Waals surface area contributed by atoms with E-state index in [1.165, 1.54) is 0 Å². The quantitative estimate of drug-likeness (QED) is 0.773. The van der Waals surface area contributed by atoms with Gasteiger partial charge in [0.2, 0.25) is 0 Å². The molecule has 2 saturated heterocycles. The molecule has 4 nitrogen and oxygen atoms in total. The van der Waals surface area contributed by atoms with Gasteiger partial charge in [-0.25, -0.2) is 0 Å². The predicted molar refractivity (Wildman–Crippen MR) is 88.4 cm³/mol. The van der Waals surface area contributed by atoms with Crippen LogP contribution in [0, 0.1) is 34.0 Å². The van der Waals surface area contributed by atoms with Crippen LogP contribution >= 0.6 is 0 Å². The second kappa shape index (κ2) is 4.20. The van der Waals surface area contributed by atoms with Crippen molar-refractivity contribution in [1.29, 1.82) is 0 Å². The summed E-state index contributed by atoms with van der Waals surface area (Å²) in [5.41, 5.74) is -0.803. The average molecular weight is 334 g/mol. The summed E-state index contributed by atoms with van der Waals surface area (Å²) in [4.78, 5) is 12.1. The van der Waals surface area contributed by atoms with E-state index in [0.29, 0.717) is 18.3 Å². The number of fused-ring (bicyclic) bond motifs is 1. The summed E-state index contributed by atoms with van der Waals surface area (Å²) in [6.45, 7) is 6.49. The summed E-state index contributed by atoms with van der Waals surface area (Å²) < 4.78 is 6.54. The molecule has 0 radical (unpaired) electrons. The van der Waals surface area contributed by atoms with E-state index in [4.69, 9.17) is 4.74 Å². The van der Waals surface area contributed by atoms with Gasteiger partial charge in [0.1, 0.15) is 0 Å². The van der Waals surface area contributed by atoms with Gasteiger partial charge in [-0.15, -0.1) is 0 Å². The lowest BCUT2D eigenvalue weighted by Crippen LogP contribution is -2.67. The molecule has 134 valence electrons. The molecule has 6 rings (SSSR count). The minimum atomic E-state index is -0.710. The number of aliphatic hydroxyl groups is 1. The van der Waals surface area contributed by atoms with Crippen LogP contribution in [-0.2, 0) is 9.53 Å². The van der Waals surface area contributed by atoms with Gasteiger partial charge in [-0.1, -0.05) is 13.3 Å². The highest BCUT2D eigenvalue weighted by Gasteiger charge is 2.76. The molecule has 2 heterocycles. The van der Waals surface area contributed by atoms with Crippen molar-refractivity contribution in [3.63, 3.8) is 0 Å². The van der Waals surface area contributed by atoms with E-state index in [2.05, 4.69) is 13.8 Å². The van der Waals surface area contributed by atoms with Crippen LogP contribution in [0.1, 0.15) is 65.7 Å². The molecule has 6 fully saturated rings. The van der Waals surface area contributed by atoms with Crippen LogP contribution in [0.2, 0.25) is 0 Å². The summed E-state index contributed by atoms with van der Waals surface area (Å²) >= 11 is 0. The first-order valence-electron chi connectivity index (χ1n) is 9.75. The van der Waals surface area contributed by atoms with Crippen molar-refractivity contribution in [2.45, 2.75) is 83.5 Å². The van der Waals surface area contributed by atoms with Crippen LogP contribution in [-0.4, -0.2) is 34.0 Å². The highest BCUT2D eigenvalue weighted by molar-refractivity contribution is 5.75. The van der Waals surface area contributed by atoms with Crippen LogP contribution in [0.5, 0.6) is 0 Å². The standard InChI is InChI=1S/C20H30O4/c1-17-5-4-6-18(2,16(22)23)13(17)8-14(21)20-9-11-7-12(15(17)20)24-19(11,3)10-20/h11-15,21H,4-10H2,1-3H3,(H,22,23). The molecule has 9 unspecified atom stereocenters. The summed E-state index contributed by atoms with van der Waals surface area (Å²) in [5.74, 6) is 0.281. The highest BCUT2D eigenvalue weighted by Crippen LogP contribution is 2.76. The van der Waals surface area contributed by atoms with E-state index in [1.54, 1.807) is 0 Å². The number of carbonyl (C=O) groups is 1. The second-order valence-corrected chi connectivity index (χ2v) is 10.4. The Kier molecular flexibility index (Phi) is 2.73. The lowest BCUT2D eigenvalue weighted by molar-refractivity contribution is -0.261. The second-order valence-electron chi connectivity index (χ2n) is 10.4. The van der Waals surface area contributed by atoms with Crippen molar-refractivity contribution in [3.8, 4) is 0 Å². The first-order valence-corrected chi connectivity index (χ1v) is 9.75. The number of aliphatic carboxylic acids is 1. The Hall–Kier alpha value is -0.610. The highest BCUT2D eigenvalue weighted by atomic mass is 16.5. The molecule has 24 heavy (non-hydrogen) atoms. The van der Waals surface area contributed by atoms with E-state index < -0.39 is 11.4 Å². The summed E-state index contributed by atoms with van der Waals surface area (Å²) in [6, 6.07) is 0. The Morgan fingerprint density at radius 1 is 1.17 bits per heavy atom. The molecular formula is C20H30O4. The van der Waals surface area contributed by atoms with Crippen LogP contribution < -0.4 is 0 Å². The zero-order valence-corrected chi connectivity index (χ0v) is 15.0. The lowest BCUT2D eigenvalue weighted by Gasteiger charge is -2.66. The molecule has 9 atom stereocenters. The number of carboxylic acids is 1. The first kappa shape index (κ1) is 15.6. The summed E-state index contributed by atoms with van der Waals surface area (Å²) in [5, 5.41) is 21.2. The molecule has 4 bridgehead atoms. The number of carboxylic acid groups (broad SMARTS) is 1. The van der Waals surface area contributed by atoms with Gasteiger partial charge < -0.3 is 14.9 Å². The van der Waals surface area contributed by atoms with Crippen molar-refractivity contribution in [2.24, 2.45) is 34.0 Å². The molecule has 0 amide bonds. The fourth-order valence-corrected chi connectivity index (χ4v) is 8.57. The van der Waals surface area contributed by atoms with E-state index in [1.807, 2.05) is 6.92 Å². The summed E-state index contributed by atoms with van der Waals surface area (Å²) in [6.07, 6.45) is 6.48. The van der Waals surface area contributed by atoms with Crippen molar-refractivity contribution in [3.05, 3.63) is 0 Å². The molecule has 0 aromatic rings. The maximum Gasteiger partial charge on any atom is 0.309 e. The van der Waals surface area contributed by atoms with E-state index in [0.717, 1.165) is 38.5 Å². The molecule has 4 aliphatic carbocycles. The Bertz CT molecular complexity index is 619. The smallest absolute Gasteiger partial charge is 0.309 e. The topological polar surface area (TPSA) is 66.8 Å². The molecule has 2 aliphatic heterocycles. The Morgan fingerprint density at radius 2 is 1.92 bits per heavy atom. The Morgan fingerprint density at radius 3 is 2.58 bits per heavy atom. The fourth-order valence-electron chi connectivity index (χ4n) is 8.57. The monoisotopic (exact) mass is 334 g/mol. The third-order valence-electron chi connectivity index (χ3n) is 9.40. The predicted octanol–water partition coefficient (Wildman–Crippen LogP) is 3.22. The van der Waals surface area contributed by atoms with Gasteiger partial charge in [0.05, 0.1) is 23.2 Å². The van der Waals surface area contributed by atoms with E-state index in [-0.39, 0.29) is 34.6 Å². The number of aliphatic hydroxyl groups excluding tert-OH is 1. The van der Waals surface area contributed by atoms with Gasteiger partial charge in [0.25, 0.3) is 0 Å². The Balaban J connectivity index is 1.64. The average Bonchev–Trinajstić information content (AvgIpc) is 2.84. The molecule has 0 aromatic carbocycles. The van der Waals surface area contributed by atoms with Crippen molar-refractivity contribution in [2.75, 3.05) is 0 Å². The number of hydrogen-bond donors (Lipinski definition) is 2. The van der Waals surface area contributed by atoms with Crippen LogP contribution in [0.15, 0.2) is 0 Å². The zero-order chi connectivity index (χ0) is 17.1. The van der Waals surface area contributed by atoms with Crippen molar-refractivity contribution >= 4 is 5.97 Å². The molecule has 6 aliphatic rings. The van der Waals surface area contributed by atoms with Gasteiger partial charge in [0.15, 0.2) is 0 Å². The van der Waals surface area contributed by atoms with Gasteiger partial charge in [-0.05, 0) is 75.5 Å². The lowest BCUT2D eigenvalue weighted by atomic mass is 9.39. The molecule has 2 N–H and O–H groups in total. The molecular weight excluding hydrogens is 304 g/mol. The summed E-state index contributed by atoms with van der Waals surface area (Å²) in [7, 11) is 0. The normalized spacial score (nSPS) is 63.9. The Labute approximate surface area is 144 Å². The number of ether oxygens (including phenoxy) is 1. The maximum atomic E-state index is 12.1. The number of rotatable bonds is 1. The molecule has 4 saturated carbocycles. The minimum Gasteiger partial charge on any atom is -0.481 e. The molecule has 4 heteroatoms. The fraction of sp³-hybridized carbons (Fsp3) is 0.950. The third-order valence-corrected chi connectivity index (χ3v) is 9.40. The molecule has 1 spiro atoms. The van der Waals surface area contributed by atoms with Gasteiger partial charge >= 0.3 is 5.97 Å². The third kappa shape index (κ3) is 1.48. The van der Waals surface area contributed by atoms with Crippen molar-refractivity contribution in [1.82, 2.24) is 0 Å². The van der Waals surface area contributed by atoms with Crippen LogP contribution in [0.4, 0.5) is 0 Å². The first-order chi connectivity index (χ1) is 11.2. The molecule has 0 aromatic heterocycles. The number of hydrogen-bond acceptors (Lipinski definition) is 3. The minimum absolute atomic E-state index is 0.0219. The zero-order valence-electron chi connectivity index (χ0n) is 15.0. The van der Waals surface area contributed by atoms with Crippen molar-refractivity contribution < 1.29 is 19.7 Å². The van der Waals surface area contributed by atoms with E-state index in [9.17, 15) is 15.0 Å². The van der Waals surface area contributed by atoms with Gasteiger partial charge in [-0.2, -0.15) is 0 Å². The van der Waals surface area contributed by atoms with Crippen LogP contribution in [0.25, 0.3) is 0 Å².